The first-order valence-electron chi connectivity index (χ1n) is 7.07. The molecule has 1 aromatic heterocycles. The van der Waals surface area contributed by atoms with Gasteiger partial charge >= 0.3 is 0 Å². The van der Waals surface area contributed by atoms with Gasteiger partial charge in [0.25, 0.3) is 5.91 Å². The fourth-order valence-corrected chi connectivity index (χ4v) is 3.89. The number of hydrogen-bond acceptors (Lipinski definition) is 4. The van der Waals surface area contributed by atoms with Gasteiger partial charge in [-0.1, -0.05) is 23.8 Å². The van der Waals surface area contributed by atoms with E-state index >= 15 is 0 Å². The minimum atomic E-state index is 0.0340. The van der Waals surface area contributed by atoms with Crippen LogP contribution in [0.15, 0.2) is 51.7 Å². The molecule has 3 nitrogen and oxygen atoms in total. The average molecular weight is 328 g/mol. The minimum absolute atomic E-state index is 0.0340. The number of amidine groups is 1. The van der Waals surface area contributed by atoms with E-state index in [0.29, 0.717) is 6.54 Å². The third-order valence-electron chi connectivity index (χ3n) is 3.28. The molecule has 0 bridgehead atoms. The molecular weight excluding hydrogens is 312 g/mol. The van der Waals surface area contributed by atoms with Gasteiger partial charge < -0.3 is 0 Å². The van der Waals surface area contributed by atoms with Crippen molar-refractivity contribution in [2.75, 3.05) is 6.54 Å². The van der Waals surface area contributed by atoms with Gasteiger partial charge in [-0.2, -0.15) is 0 Å². The van der Waals surface area contributed by atoms with Gasteiger partial charge in [0, 0.05) is 11.4 Å². The third-order valence-corrected chi connectivity index (χ3v) is 5.11. The van der Waals surface area contributed by atoms with Crippen LogP contribution >= 0.6 is 23.1 Å². The first kappa shape index (κ1) is 15.1. The predicted octanol–water partition coefficient (Wildman–Crippen LogP) is 4.68. The summed E-state index contributed by atoms with van der Waals surface area (Å²) in [5.74, 6) is 0.0340. The first-order chi connectivity index (χ1) is 10.7. The number of carbonyl (C=O) groups is 1. The SMILES string of the molecule is CCN1C(=O)/C(=C\c2cccs2)SC1=Nc1ccc(C)cc1. The number of amides is 1. The van der Waals surface area contributed by atoms with E-state index in [4.69, 9.17) is 0 Å². The van der Waals surface area contributed by atoms with E-state index in [2.05, 4.69) is 4.99 Å². The molecule has 1 fully saturated rings. The number of thiophene rings is 1. The molecule has 0 radical (unpaired) electrons. The summed E-state index contributed by atoms with van der Waals surface area (Å²) in [6.07, 6.45) is 1.94. The summed E-state index contributed by atoms with van der Waals surface area (Å²) in [6, 6.07) is 12.0. The number of nitrogens with zero attached hydrogens (tertiary/aromatic N) is 2. The van der Waals surface area contributed by atoms with Crippen LogP contribution in [0, 0.1) is 6.92 Å². The van der Waals surface area contributed by atoms with Crippen LogP contribution in [0.25, 0.3) is 6.08 Å². The van der Waals surface area contributed by atoms with Gasteiger partial charge in [-0.25, -0.2) is 4.99 Å². The Hall–Kier alpha value is -1.85. The van der Waals surface area contributed by atoms with Gasteiger partial charge in [0.2, 0.25) is 0 Å². The Morgan fingerprint density at radius 3 is 2.64 bits per heavy atom. The van der Waals surface area contributed by atoms with E-state index in [1.54, 1.807) is 16.2 Å². The monoisotopic (exact) mass is 328 g/mol. The van der Waals surface area contributed by atoms with E-state index in [9.17, 15) is 4.79 Å². The lowest BCUT2D eigenvalue weighted by Gasteiger charge is -2.11. The number of hydrogen-bond donors (Lipinski definition) is 0. The molecule has 0 aliphatic carbocycles. The van der Waals surface area contributed by atoms with Crippen LogP contribution < -0.4 is 0 Å². The molecule has 22 heavy (non-hydrogen) atoms. The molecule has 1 saturated heterocycles. The van der Waals surface area contributed by atoms with Crippen molar-refractivity contribution in [3.05, 3.63) is 57.1 Å². The molecule has 1 aromatic carbocycles. The molecular formula is C17H16N2OS2. The molecule has 2 heterocycles. The van der Waals surface area contributed by atoms with E-state index in [1.165, 1.54) is 17.3 Å². The number of carbonyl (C=O) groups excluding carboxylic acids is 1. The van der Waals surface area contributed by atoms with Gasteiger partial charge in [-0.05, 0) is 55.3 Å². The summed E-state index contributed by atoms with van der Waals surface area (Å²) >= 11 is 3.07. The van der Waals surface area contributed by atoms with Gasteiger partial charge in [0.1, 0.15) is 0 Å². The van der Waals surface area contributed by atoms with Crippen molar-refractivity contribution in [1.82, 2.24) is 4.90 Å². The van der Waals surface area contributed by atoms with Crippen LogP contribution in [0.5, 0.6) is 0 Å². The number of rotatable bonds is 3. The number of benzene rings is 1. The molecule has 0 N–H and O–H groups in total. The van der Waals surface area contributed by atoms with E-state index in [0.717, 1.165) is 20.6 Å². The Balaban J connectivity index is 1.91. The largest absolute Gasteiger partial charge is 0.287 e. The Morgan fingerprint density at radius 2 is 2.00 bits per heavy atom. The fourth-order valence-electron chi connectivity index (χ4n) is 2.10. The summed E-state index contributed by atoms with van der Waals surface area (Å²) in [7, 11) is 0. The molecule has 0 spiro atoms. The van der Waals surface area contributed by atoms with E-state index in [1.807, 2.05) is 61.7 Å². The van der Waals surface area contributed by atoms with Crippen molar-refractivity contribution in [3.63, 3.8) is 0 Å². The zero-order chi connectivity index (χ0) is 15.5. The molecule has 2 aromatic rings. The predicted molar refractivity (Wildman–Crippen MR) is 95.5 cm³/mol. The molecule has 1 amide bonds. The van der Waals surface area contributed by atoms with Gasteiger partial charge in [0.15, 0.2) is 5.17 Å². The van der Waals surface area contributed by atoms with Crippen LogP contribution in [0.2, 0.25) is 0 Å². The standard InChI is InChI=1S/C17H16N2OS2/c1-3-19-16(20)15(11-14-5-4-10-21-14)22-17(19)18-13-8-6-12(2)7-9-13/h4-11H,3H2,1-2H3/b15-11+,18-17?. The molecule has 1 aliphatic heterocycles. The first-order valence-corrected chi connectivity index (χ1v) is 8.77. The van der Waals surface area contributed by atoms with Crippen LogP contribution in [0.1, 0.15) is 17.4 Å². The summed E-state index contributed by atoms with van der Waals surface area (Å²) in [4.78, 5) is 20.7. The smallest absolute Gasteiger partial charge is 0.266 e. The van der Waals surface area contributed by atoms with E-state index in [-0.39, 0.29) is 5.91 Å². The quantitative estimate of drug-likeness (QED) is 0.766. The Kier molecular flexibility index (Phi) is 4.45. The second kappa shape index (κ2) is 6.50. The lowest BCUT2D eigenvalue weighted by molar-refractivity contribution is -0.122. The molecule has 5 heteroatoms. The number of aryl methyl sites for hydroxylation is 1. The van der Waals surface area contributed by atoms with Crippen molar-refractivity contribution in [2.45, 2.75) is 13.8 Å². The highest BCUT2D eigenvalue weighted by molar-refractivity contribution is 8.18. The summed E-state index contributed by atoms with van der Waals surface area (Å²) in [5, 5.41) is 2.76. The number of likely N-dealkylation sites (N-methyl/N-ethyl adjacent to an activating group) is 1. The summed E-state index contributed by atoms with van der Waals surface area (Å²) in [6.45, 7) is 4.64. The Morgan fingerprint density at radius 1 is 1.23 bits per heavy atom. The molecule has 112 valence electrons. The van der Waals surface area contributed by atoms with Gasteiger partial charge in [0.05, 0.1) is 10.6 Å². The number of aliphatic imine (C=N–C) groups is 1. The van der Waals surface area contributed by atoms with Crippen molar-refractivity contribution in [2.24, 2.45) is 4.99 Å². The highest BCUT2D eigenvalue weighted by Crippen LogP contribution is 2.34. The van der Waals surface area contributed by atoms with Crippen LogP contribution in [-0.2, 0) is 4.79 Å². The van der Waals surface area contributed by atoms with Crippen molar-refractivity contribution >= 4 is 45.9 Å². The molecule has 3 rings (SSSR count). The molecule has 1 aliphatic rings. The fraction of sp³-hybridized carbons (Fsp3) is 0.176. The van der Waals surface area contributed by atoms with E-state index < -0.39 is 0 Å². The zero-order valence-electron chi connectivity index (χ0n) is 12.4. The van der Waals surface area contributed by atoms with Crippen molar-refractivity contribution < 1.29 is 4.79 Å². The Bertz CT molecular complexity index is 731. The maximum absolute atomic E-state index is 12.5. The molecule has 0 saturated carbocycles. The van der Waals surface area contributed by atoms with Crippen molar-refractivity contribution in [1.29, 1.82) is 0 Å². The highest BCUT2D eigenvalue weighted by Gasteiger charge is 2.32. The average Bonchev–Trinajstić information content (AvgIpc) is 3.11. The second-order valence-electron chi connectivity index (χ2n) is 4.91. The zero-order valence-corrected chi connectivity index (χ0v) is 14.1. The lowest BCUT2D eigenvalue weighted by Crippen LogP contribution is -2.28. The third kappa shape index (κ3) is 3.15. The maximum atomic E-state index is 12.5. The summed E-state index contributed by atoms with van der Waals surface area (Å²) in [5.41, 5.74) is 2.07. The van der Waals surface area contributed by atoms with Crippen LogP contribution in [0.3, 0.4) is 0 Å². The molecule has 0 atom stereocenters. The molecule has 0 unspecified atom stereocenters. The van der Waals surface area contributed by atoms with Crippen LogP contribution in [-0.4, -0.2) is 22.5 Å². The number of thioether (sulfide) groups is 1. The van der Waals surface area contributed by atoms with Crippen molar-refractivity contribution in [3.8, 4) is 0 Å². The lowest BCUT2D eigenvalue weighted by atomic mass is 10.2. The minimum Gasteiger partial charge on any atom is -0.287 e. The maximum Gasteiger partial charge on any atom is 0.266 e. The Labute approximate surface area is 138 Å². The normalized spacial score (nSPS) is 18.6. The summed E-state index contributed by atoms with van der Waals surface area (Å²) < 4.78 is 0. The topological polar surface area (TPSA) is 32.7 Å². The second-order valence-corrected chi connectivity index (χ2v) is 6.89. The van der Waals surface area contributed by atoms with Gasteiger partial charge in [-0.3, -0.25) is 9.69 Å². The van der Waals surface area contributed by atoms with Crippen LogP contribution in [0.4, 0.5) is 5.69 Å². The highest BCUT2D eigenvalue weighted by atomic mass is 32.2. The van der Waals surface area contributed by atoms with Gasteiger partial charge in [-0.15, -0.1) is 11.3 Å².